The van der Waals surface area contributed by atoms with Crippen molar-refractivity contribution in [3.8, 4) is 0 Å². The normalized spacial score (nSPS) is 12.3. The van der Waals surface area contributed by atoms with E-state index >= 15 is 0 Å². The standard InChI is InChI=1S/C12H17ClN2O2/c1-7-5-10(12(17)8(2)13)9(3)15(7)6-11(16)14-4/h5,8H,6H2,1-4H3,(H,14,16). The summed E-state index contributed by atoms with van der Waals surface area (Å²) in [6.07, 6.45) is 0. The molecule has 0 spiro atoms. The Balaban J connectivity index is 3.10. The van der Waals surface area contributed by atoms with Crippen molar-refractivity contribution in [3.05, 3.63) is 23.0 Å². The molecule has 0 saturated carbocycles. The fourth-order valence-electron chi connectivity index (χ4n) is 1.73. The Bertz CT molecular complexity index is 450. The van der Waals surface area contributed by atoms with E-state index in [1.807, 2.05) is 18.4 Å². The molecule has 1 N–H and O–H groups in total. The summed E-state index contributed by atoms with van der Waals surface area (Å²) < 4.78 is 1.81. The van der Waals surface area contributed by atoms with Crippen molar-refractivity contribution in [2.24, 2.45) is 0 Å². The van der Waals surface area contributed by atoms with Gasteiger partial charge in [-0.25, -0.2) is 0 Å². The lowest BCUT2D eigenvalue weighted by atomic mass is 10.1. The number of aryl methyl sites for hydroxylation is 1. The lowest BCUT2D eigenvalue weighted by molar-refractivity contribution is -0.121. The molecule has 0 aliphatic heterocycles. The number of hydrogen-bond acceptors (Lipinski definition) is 2. The second kappa shape index (κ2) is 5.36. The number of aromatic nitrogens is 1. The van der Waals surface area contributed by atoms with Crippen LogP contribution < -0.4 is 5.32 Å². The largest absolute Gasteiger partial charge is 0.358 e. The molecule has 17 heavy (non-hydrogen) atoms. The van der Waals surface area contributed by atoms with Gasteiger partial charge in [-0.3, -0.25) is 9.59 Å². The first kappa shape index (κ1) is 13.8. The van der Waals surface area contributed by atoms with Gasteiger partial charge in [-0.05, 0) is 26.8 Å². The average molecular weight is 257 g/mol. The van der Waals surface area contributed by atoms with Gasteiger partial charge in [0.25, 0.3) is 0 Å². The SMILES string of the molecule is CNC(=O)Cn1c(C)cc(C(=O)C(C)Cl)c1C. The molecule has 0 aliphatic rings. The number of halogens is 1. The Morgan fingerprint density at radius 1 is 1.47 bits per heavy atom. The molecule has 1 unspecified atom stereocenters. The third-order valence-electron chi connectivity index (χ3n) is 2.78. The van der Waals surface area contributed by atoms with Crippen molar-refractivity contribution in [3.63, 3.8) is 0 Å². The van der Waals surface area contributed by atoms with E-state index in [4.69, 9.17) is 11.6 Å². The first-order chi connectivity index (χ1) is 7.88. The van der Waals surface area contributed by atoms with Crippen molar-refractivity contribution >= 4 is 23.3 Å². The Morgan fingerprint density at radius 2 is 2.06 bits per heavy atom. The van der Waals surface area contributed by atoms with Gasteiger partial charge in [0.05, 0.1) is 5.38 Å². The topological polar surface area (TPSA) is 51.1 Å². The molecule has 4 nitrogen and oxygen atoms in total. The molecule has 5 heteroatoms. The summed E-state index contributed by atoms with van der Waals surface area (Å²) in [4.78, 5) is 23.2. The molecule has 94 valence electrons. The second-order valence-corrected chi connectivity index (χ2v) is 4.68. The van der Waals surface area contributed by atoms with Crippen LogP contribution in [-0.4, -0.2) is 28.7 Å². The summed E-state index contributed by atoms with van der Waals surface area (Å²) in [5.74, 6) is -0.201. The van der Waals surface area contributed by atoms with Crippen LogP contribution in [0.3, 0.4) is 0 Å². The predicted octanol–water partition coefficient (Wildman–Crippen LogP) is 1.66. The van der Waals surface area contributed by atoms with Gasteiger partial charge in [-0.2, -0.15) is 0 Å². The van der Waals surface area contributed by atoms with Gasteiger partial charge in [0.1, 0.15) is 6.54 Å². The molecule has 0 fully saturated rings. The highest BCUT2D eigenvalue weighted by atomic mass is 35.5. The highest BCUT2D eigenvalue weighted by Crippen LogP contribution is 2.18. The van der Waals surface area contributed by atoms with Crippen molar-refractivity contribution in [1.29, 1.82) is 0 Å². The van der Waals surface area contributed by atoms with Crippen LogP contribution in [0, 0.1) is 13.8 Å². The first-order valence-corrected chi connectivity index (χ1v) is 5.87. The Kier molecular flexibility index (Phi) is 4.34. The zero-order valence-electron chi connectivity index (χ0n) is 10.5. The molecule has 0 saturated heterocycles. The molecule has 0 radical (unpaired) electrons. The van der Waals surface area contributed by atoms with Crippen LogP contribution in [-0.2, 0) is 11.3 Å². The molecule has 1 amide bonds. The molecule has 1 heterocycles. The van der Waals surface area contributed by atoms with Gasteiger partial charge < -0.3 is 9.88 Å². The number of nitrogens with one attached hydrogen (secondary N) is 1. The van der Waals surface area contributed by atoms with E-state index in [-0.39, 0.29) is 18.2 Å². The fraction of sp³-hybridized carbons (Fsp3) is 0.500. The van der Waals surface area contributed by atoms with E-state index in [2.05, 4.69) is 5.32 Å². The highest BCUT2D eigenvalue weighted by Gasteiger charge is 2.19. The van der Waals surface area contributed by atoms with Crippen LogP contribution in [0.25, 0.3) is 0 Å². The van der Waals surface area contributed by atoms with Crippen molar-refractivity contribution in [2.75, 3.05) is 7.05 Å². The Morgan fingerprint density at radius 3 is 2.53 bits per heavy atom. The lowest BCUT2D eigenvalue weighted by Gasteiger charge is -2.08. The lowest BCUT2D eigenvalue weighted by Crippen LogP contribution is -2.24. The predicted molar refractivity (Wildman–Crippen MR) is 67.6 cm³/mol. The maximum Gasteiger partial charge on any atom is 0.239 e. The second-order valence-electron chi connectivity index (χ2n) is 4.02. The third-order valence-corrected chi connectivity index (χ3v) is 2.98. The van der Waals surface area contributed by atoms with Crippen LogP contribution in [0.15, 0.2) is 6.07 Å². The van der Waals surface area contributed by atoms with Crippen LogP contribution in [0.5, 0.6) is 0 Å². The van der Waals surface area contributed by atoms with Crippen LogP contribution >= 0.6 is 11.6 Å². The van der Waals surface area contributed by atoms with Crippen LogP contribution in [0.2, 0.25) is 0 Å². The third kappa shape index (κ3) is 2.88. The smallest absolute Gasteiger partial charge is 0.239 e. The molecular weight excluding hydrogens is 240 g/mol. The summed E-state index contributed by atoms with van der Waals surface area (Å²) in [5, 5.41) is 2.01. The number of carbonyl (C=O) groups excluding carboxylic acids is 2. The van der Waals surface area contributed by atoms with E-state index in [0.717, 1.165) is 11.4 Å². The maximum absolute atomic E-state index is 11.8. The number of carbonyl (C=O) groups is 2. The molecule has 0 aromatic carbocycles. The molecule has 1 atom stereocenters. The molecule has 1 aromatic rings. The van der Waals surface area contributed by atoms with Gasteiger partial charge in [0, 0.05) is 24.0 Å². The van der Waals surface area contributed by atoms with Crippen molar-refractivity contribution in [2.45, 2.75) is 32.7 Å². The molecule has 1 aromatic heterocycles. The fourth-order valence-corrected chi connectivity index (χ4v) is 1.85. The number of hydrogen-bond donors (Lipinski definition) is 1. The van der Waals surface area contributed by atoms with Crippen molar-refractivity contribution < 1.29 is 9.59 Å². The molecule has 1 rings (SSSR count). The van der Waals surface area contributed by atoms with Crippen LogP contribution in [0.4, 0.5) is 0 Å². The summed E-state index contributed by atoms with van der Waals surface area (Å²) in [5.41, 5.74) is 2.25. The highest BCUT2D eigenvalue weighted by molar-refractivity contribution is 6.33. The summed E-state index contributed by atoms with van der Waals surface area (Å²) in [7, 11) is 1.59. The summed E-state index contributed by atoms with van der Waals surface area (Å²) in [6.45, 7) is 5.56. The Hall–Kier alpha value is -1.29. The number of alkyl halides is 1. The number of nitrogens with zero attached hydrogens (tertiary/aromatic N) is 1. The minimum Gasteiger partial charge on any atom is -0.358 e. The van der Waals surface area contributed by atoms with E-state index in [0.29, 0.717) is 5.56 Å². The van der Waals surface area contributed by atoms with E-state index in [1.165, 1.54) is 0 Å². The average Bonchev–Trinajstić information content (AvgIpc) is 2.55. The number of amides is 1. The number of likely N-dealkylation sites (N-methyl/N-ethyl adjacent to an activating group) is 1. The van der Waals surface area contributed by atoms with E-state index < -0.39 is 5.38 Å². The molecule has 0 aliphatic carbocycles. The zero-order valence-corrected chi connectivity index (χ0v) is 11.3. The molecular formula is C12H17ClN2O2. The number of rotatable bonds is 4. The van der Waals surface area contributed by atoms with Gasteiger partial charge in [-0.1, -0.05) is 0 Å². The number of ketones is 1. The summed E-state index contributed by atoms with van der Waals surface area (Å²) >= 11 is 5.79. The van der Waals surface area contributed by atoms with Gasteiger partial charge >= 0.3 is 0 Å². The number of Topliss-reactive ketones (excluding diaryl/α,β-unsaturated/α-hetero) is 1. The quantitative estimate of drug-likeness (QED) is 0.658. The minimum absolute atomic E-state index is 0.0929. The minimum atomic E-state index is -0.552. The van der Waals surface area contributed by atoms with Gasteiger partial charge in [0.15, 0.2) is 5.78 Å². The van der Waals surface area contributed by atoms with E-state index in [1.54, 1.807) is 20.0 Å². The van der Waals surface area contributed by atoms with E-state index in [9.17, 15) is 9.59 Å². The zero-order chi connectivity index (χ0) is 13.2. The van der Waals surface area contributed by atoms with Crippen LogP contribution in [0.1, 0.15) is 28.7 Å². The Labute approximate surface area is 106 Å². The monoisotopic (exact) mass is 256 g/mol. The summed E-state index contributed by atoms with van der Waals surface area (Å²) in [6, 6.07) is 1.78. The van der Waals surface area contributed by atoms with Gasteiger partial charge in [-0.15, -0.1) is 11.6 Å². The first-order valence-electron chi connectivity index (χ1n) is 5.44. The van der Waals surface area contributed by atoms with Crippen molar-refractivity contribution in [1.82, 2.24) is 9.88 Å². The maximum atomic E-state index is 11.8. The molecule has 0 bridgehead atoms. The van der Waals surface area contributed by atoms with Gasteiger partial charge in [0.2, 0.25) is 5.91 Å².